The normalized spacial score (nSPS) is 16.2. The summed E-state index contributed by atoms with van der Waals surface area (Å²) in [5.41, 5.74) is 5.43. The Labute approximate surface area is 152 Å². The maximum absolute atomic E-state index is 9.59. The summed E-state index contributed by atoms with van der Waals surface area (Å²) in [6.45, 7) is 4.37. The summed E-state index contributed by atoms with van der Waals surface area (Å²) in [4.78, 5) is 0. The van der Waals surface area contributed by atoms with Crippen LogP contribution in [0.3, 0.4) is 0 Å². The fourth-order valence-electron chi connectivity index (χ4n) is 3.81. The van der Waals surface area contributed by atoms with Gasteiger partial charge in [-0.1, -0.05) is 47.3 Å². The van der Waals surface area contributed by atoms with Crippen molar-refractivity contribution < 1.29 is 0 Å². The predicted octanol–water partition coefficient (Wildman–Crippen LogP) is 6.44. The van der Waals surface area contributed by atoms with Crippen molar-refractivity contribution in [2.75, 3.05) is 0 Å². The molecule has 1 heterocycles. The number of hydrogen-bond donors (Lipinski definition) is 0. The van der Waals surface area contributed by atoms with Crippen LogP contribution < -0.4 is 0 Å². The van der Waals surface area contributed by atoms with Crippen LogP contribution in [0.4, 0.5) is 0 Å². The van der Waals surface area contributed by atoms with Crippen molar-refractivity contribution in [3.63, 3.8) is 0 Å². The Morgan fingerprint density at radius 1 is 1.17 bits per heavy atom. The van der Waals surface area contributed by atoms with Crippen molar-refractivity contribution in [2.45, 2.75) is 52.0 Å². The zero-order chi connectivity index (χ0) is 17.1. The first-order valence-corrected chi connectivity index (χ1v) is 9.45. The van der Waals surface area contributed by atoms with Gasteiger partial charge in [0, 0.05) is 21.9 Å². The lowest BCUT2D eigenvalue weighted by atomic mass is 9.95. The third kappa shape index (κ3) is 3.49. The van der Waals surface area contributed by atoms with Gasteiger partial charge in [0.2, 0.25) is 0 Å². The molecule has 1 saturated carbocycles. The Morgan fingerprint density at radius 2 is 1.83 bits per heavy atom. The second-order valence-corrected chi connectivity index (χ2v) is 7.58. The molecule has 0 bridgehead atoms. The standard InChI is InChI=1S/C21H23BrN2/c1-15-12-18(16(2)24(15)21-6-4-3-5-7-21)13-19(14-23)17-8-10-20(22)11-9-17/h8-13,21H,3-7H2,1-2H3/b19-13-. The van der Waals surface area contributed by atoms with Crippen LogP contribution in [-0.4, -0.2) is 4.57 Å². The zero-order valence-electron chi connectivity index (χ0n) is 14.3. The smallest absolute Gasteiger partial charge is 0.0998 e. The van der Waals surface area contributed by atoms with Crippen LogP contribution >= 0.6 is 15.9 Å². The van der Waals surface area contributed by atoms with E-state index in [4.69, 9.17) is 0 Å². The van der Waals surface area contributed by atoms with Crippen molar-refractivity contribution in [1.29, 1.82) is 5.26 Å². The second-order valence-electron chi connectivity index (χ2n) is 6.67. The van der Waals surface area contributed by atoms with Crippen molar-refractivity contribution in [3.05, 3.63) is 57.3 Å². The third-order valence-corrected chi connectivity index (χ3v) is 5.57. The third-order valence-electron chi connectivity index (χ3n) is 5.04. The molecule has 0 atom stereocenters. The predicted molar refractivity (Wildman–Crippen MR) is 104 cm³/mol. The van der Waals surface area contributed by atoms with E-state index < -0.39 is 0 Å². The molecule has 2 nitrogen and oxygen atoms in total. The first-order chi connectivity index (χ1) is 11.6. The largest absolute Gasteiger partial charge is 0.346 e. The van der Waals surface area contributed by atoms with E-state index in [2.05, 4.69) is 46.5 Å². The van der Waals surface area contributed by atoms with Crippen LogP contribution in [0.5, 0.6) is 0 Å². The Morgan fingerprint density at radius 3 is 2.46 bits per heavy atom. The van der Waals surface area contributed by atoms with Crippen molar-refractivity contribution in [2.24, 2.45) is 0 Å². The second kappa shape index (κ2) is 7.40. The maximum atomic E-state index is 9.59. The molecule has 0 unspecified atom stereocenters. The monoisotopic (exact) mass is 382 g/mol. The van der Waals surface area contributed by atoms with Crippen LogP contribution in [0.1, 0.15) is 60.7 Å². The van der Waals surface area contributed by atoms with Gasteiger partial charge in [-0.15, -0.1) is 0 Å². The van der Waals surface area contributed by atoms with Gasteiger partial charge in [0.15, 0.2) is 0 Å². The molecule has 3 heteroatoms. The molecule has 1 aliphatic rings. The van der Waals surface area contributed by atoms with Gasteiger partial charge in [0.25, 0.3) is 0 Å². The van der Waals surface area contributed by atoms with E-state index in [0.717, 1.165) is 15.6 Å². The summed E-state index contributed by atoms with van der Waals surface area (Å²) in [6, 6.07) is 13.1. The summed E-state index contributed by atoms with van der Waals surface area (Å²) in [7, 11) is 0. The van der Waals surface area contributed by atoms with Crippen LogP contribution in [0.15, 0.2) is 34.8 Å². The highest BCUT2D eigenvalue weighted by Gasteiger charge is 2.19. The molecule has 0 spiro atoms. The van der Waals surface area contributed by atoms with Gasteiger partial charge in [-0.25, -0.2) is 0 Å². The van der Waals surface area contributed by atoms with Gasteiger partial charge in [-0.2, -0.15) is 5.26 Å². The number of rotatable bonds is 3. The number of hydrogen-bond acceptors (Lipinski definition) is 1. The van der Waals surface area contributed by atoms with E-state index in [9.17, 15) is 5.26 Å². The molecular formula is C21H23BrN2. The molecule has 1 aromatic heterocycles. The van der Waals surface area contributed by atoms with E-state index in [0.29, 0.717) is 11.6 Å². The Hall–Kier alpha value is -1.79. The fourth-order valence-corrected chi connectivity index (χ4v) is 4.08. The lowest BCUT2D eigenvalue weighted by molar-refractivity contribution is 0.346. The van der Waals surface area contributed by atoms with E-state index in [1.165, 1.54) is 43.5 Å². The summed E-state index contributed by atoms with van der Waals surface area (Å²) in [6.07, 6.45) is 8.61. The molecule has 0 amide bonds. The lowest BCUT2D eigenvalue weighted by Gasteiger charge is -2.26. The van der Waals surface area contributed by atoms with Crippen LogP contribution in [-0.2, 0) is 0 Å². The Kier molecular flexibility index (Phi) is 5.26. The molecule has 3 rings (SSSR count). The van der Waals surface area contributed by atoms with Gasteiger partial charge in [0.05, 0.1) is 11.6 Å². The van der Waals surface area contributed by atoms with Gasteiger partial charge in [-0.3, -0.25) is 0 Å². The number of aryl methyl sites for hydroxylation is 1. The molecule has 0 N–H and O–H groups in total. The molecule has 24 heavy (non-hydrogen) atoms. The van der Waals surface area contributed by atoms with Gasteiger partial charge >= 0.3 is 0 Å². The van der Waals surface area contributed by atoms with Crippen molar-refractivity contribution in [1.82, 2.24) is 4.57 Å². The molecule has 1 aliphatic carbocycles. The minimum Gasteiger partial charge on any atom is -0.346 e. The minimum atomic E-state index is 0.624. The number of benzene rings is 1. The molecule has 1 aromatic carbocycles. The molecular weight excluding hydrogens is 360 g/mol. The summed E-state index contributed by atoms with van der Waals surface area (Å²) >= 11 is 3.45. The SMILES string of the molecule is Cc1cc(/C=C(/C#N)c2ccc(Br)cc2)c(C)n1C1CCCCC1. The van der Waals surface area contributed by atoms with Crippen molar-refractivity contribution in [3.8, 4) is 6.07 Å². The first-order valence-electron chi connectivity index (χ1n) is 8.66. The highest BCUT2D eigenvalue weighted by molar-refractivity contribution is 9.10. The maximum Gasteiger partial charge on any atom is 0.0998 e. The summed E-state index contributed by atoms with van der Waals surface area (Å²) in [5, 5.41) is 9.59. The quantitative estimate of drug-likeness (QED) is 0.561. The fraction of sp³-hybridized carbons (Fsp3) is 0.381. The number of aromatic nitrogens is 1. The van der Waals surface area contributed by atoms with Gasteiger partial charge < -0.3 is 4.57 Å². The average Bonchev–Trinajstić information content (AvgIpc) is 2.88. The molecule has 2 aromatic rings. The molecule has 0 radical (unpaired) electrons. The van der Waals surface area contributed by atoms with E-state index in [1.807, 2.05) is 30.3 Å². The number of allylic oxidation sites excluding steroid dienone is 1. The topological polar surface area (TPSA) is 28.7 Å². The van der Waals surface area contributed by atoms with Crippen LogP contribution in [0.2, 0.25) is 0 Å². The van der Waals surface area contributed by atoms with Crippen molar-refractivity contribution >= 4 is 27.6 Å². The van der Waals surface area contributed by atoms with E-state index in [-0.39, 0.29) is 0 Å². The van der Waals surface area contributed by atoms with Crippen LogP contribution in [0.25, 0.3) is 11.6 Å². The average molecular weight is 383 g/mol. The Bertz CT molecular complexity index is 784. The highest BCUT2D eigenvalue weighted by Crippen LogP contribution is 2.33. The Balaban J connectivity index is 1.97. The number of nitriles is 1. The summed E-state index contributed by atoms with van der Waals surface area (Å²) < 4.78 is 3.51. The lowest BCUT2D eigenvalue weighted by Crippen LogP contribution is -2.15. The van der Waals surface area contributed by atoms with E-state index in [1.54, 1.807) is 0 Å². The molecule has 0 saturated heterocycles. The molecule has 124 valence electrons. The van der Waals surface area contributed by atoms with Crippen LogP contribution in [0, 0.1) is 25.2 Å². The van der Waals surface area contributed by atoms with Gasteiger partial charge in [0.1, 0.15) is 0 Å². The molecule has 1 fully saturated rings. The highest BCUT2D eigenvalue weighted by atomic mass is 79.9. The van der Waals surface area contributed by atoms with Gasteiger partial charge in [-0.05, 0) is 62.1 Å². The first kappa shape index (κ1) is 17.0. The zero-order valence-corrected chi connectivity index (χ0v) is 15.9. The van der Waals surface area contributed by atoms with E-state index >= 15 is 0 Å². The number of halogens is 1. The minimum absolute atomic E-state index is 0.624. The number of nitrogens with zero attached hydrogens (tertiary/aromatic N) is 2. The molecule has 0 aliphatic heterocycles. The summed E-state index contributed by atoms with van der Waals surface area (Å²) in [5.74, 6) is 0.